The van der Waals surface area contributed by atoms with E-state index in [0.717, 1.165) is 0 Å². The van der Waals surface area contributed by atoms with Gasteiger partial charge in [0, 0.05) is 12.6 Å². The minimum absolute atomic E-state index is 0.122. The average Bonchev–Trinajstić information content (AvgIpc) is 2.20. The van der Waals surface area contributed by atoms with E-state index in [1.54, 1.807) is 6.07 Å². The summed E-state index contributed by atoms with van der Waals surface area (Å²) < 4.78 is 12.8. The highest BCUT2D eigenvalue weighted by Gasteiger charge is 2.13. The Morgan fingerprint density at radius 1 is 1.44 bits per heavy atom. The second-order valence-corrected chi connectivity index (χ2v) is 4.24. The summed E-state index contributed by atoms with van der Waals surface area (Å²) in [6.07, 6.45) is 0.647. The second kappa shape index (κ2) is 5.70. The molecular formula is C12H19FN2O. The van der Waals surface area contributed by atoms with Crippen molar-refractivity contribution < 1.29 is 9.50 Å². The van der Waals surface area contributed by atoms with Gasteiger partial charge in [-0.25, -0.2) is 4.39 Å². The van der Waals surface area contributed by atoms with Crippen LogP contribution in [0.25, 0.3) is 0 Å². The topological polar surface area (TPSA) is 58.3 Å². The minimum Gasteiger partial charge on any atom is -0.397 e. The zero-order chi connectivity index (χ0) is 12.1. The highest BCUT2D eigenvalue weighted by molar-refractivity contribution is 5.66. The van der Waals surface area contributed by atoms with Gasteiger partial charge in [-0.15, -0.1) is 0 Å². The lowest BCUT2D eigenvalue weighted by atomic mass is 10.0. The molecule has 4 N–H and O–H groups in total. The number of anilines is 2. The monoisotopic (exact) mass is 226 g/mol. The number of aliphatic hydroxyl groups excluding tert-OH is 1. The van der Waals surface area contributed by atoms with E-state index >= 15 is 0 Å². The van der Waals surface area contributed by atoms with Crippen molar-refractivity contribution in [2.24, 2.45) is 5.92 Å². The molecule has 1 aromatic carbocycles. The van der Waals surface area contributed by atoms with E-state index in [1.807, 2.05) is 0 Å². The van der Waals surface area contributed by atoms with Gasteiger partial charge in [0.25, 0.3) is 0 Å². The molecule has 0 saturated carbocycles. The van der Waals surface area contributed by atoms with Gasteiger partial charge in [0.15, 0.2) is 0 Å². The second-order valence-electron chi connectivity index (χ2n) is 4.24. The smallest absolute Gasteiger partial charge is 0.125 e. The summed E-state index contributed by atoms with van der Waals surface area (Å²) in [6, 6.07) is 4.42. The van der Waals surface area contributed by atoms with Crippen LogP contribution in [-0.2, 0) is 0 Å². The molecule has 0 bridgehead atoms. The summed E-state index contributed by atoms with van der Waals surface area (Å²) in [7, 11) is 0. The number of nitrogens with one attached hydrogen (secondary N) is 1. The van der Waals surface area contributed by atoms with Crippen molar-refractivity contribution in [2.45, 2.75) is 26.3 Å². The Kier molecular flexibility index (Phi) is 4.55. The standard InChI is InChI=1S/C12H19FN2O/c1-8(2)11(5-6-16)15-12-4-3-9(13)7-10(12)14/h3-4,7-8,11,15-16H,5-6,14H2,1-2H3. The number of rotatable bonds is 5. The van der Waals surface area contributed by atoms with Crippen LogP contribution in [0, 0.1) is 11.7 Å². The quantitative estimate of drug-likeness (QED) is 0.675. The lowest BCUT2D eigenvalue weighted by Crippen LogP contribution is -2.27. The first kappa shape index (κ1) is 12.8. The van der Waals surface area contributed by atoms with E-state index < -0.39 is 0 Å². The fraction of sp³-hybridized carbons (Fsp3) is 0.500. The van der Waals surface area contributed by atoms with Crippen LogP contribution < -0.4 is 11.1 Å². The maximum atomic E-state index is 12.8. The Morgan fingerprint density at radius 3 is 2.62 bits per heavy atom. The van der Waals surface area contributed by atoms with Crippen LogP contribution in [0.2, 0.25) is 0 Å². The number of aliphatic hydroxyl groups is 1. The SMILES string of the molecule is CC(C)C(CCO)Nc1ccc(F)cc1N. The van der Waals surface area contributed by atoms with Crippen molar-refractivity contribution in [3.8, 4) is 0 Å². The maximum Gasteiger partial charge on any atom is 0.125 e. The third-order valence-corrected chi connectivity index (χ3v) is 2.60. The number of hydrogen-bond donors (Lipinski definition) is 3. The van der Waals surface area contributed by atoms with E-state index in [2.05, 4.69) is 19.2 Å². The first-order chi connectivity index (χ1) is 7.54. The number of nitrogen functional groups attached to an aromatic ring is 1. The highest BCUT2D eigenvalue weighted by Crippen LogP contribution is 2.22. The fourth-order valence-electron chi connectivity index (χ4n) is 1.58. The van der Waals surface area contributed by atoms with E-state index in [1.165, 1.54) is 12.1 Å². The van der Waals surface area contributed by atoms with Crippen LogP contribution in [-0.4, -0.2) is 17.8 Å². The van der Waals surface area contributed by atoms with Gasteiger partial charge in [0.1, 0.15) is 5.82 Å². The van der Waals surface area contributed by atoms with Crippen LogP contribution >= 0.6 is 0 Å². The van der Waals surface area contributed by atoms with Crippen molar-refractivity contribution in [2.75, 3.05) is 17.7 Å². The van der Waals surface area contributed by atoms with E-state index in [0.29, 0.717) is 23.7 Å². The zero-order valence-electron chi connectivity index (χ0n) is 9.70. The van der Waals surface area contributed by atoms with Crippen LogP contribution in [0.15, 0.2) is 18.2 Å². The molecular weight excluding hydrogens is 207 g/mol. The van der Waals surface area contributed by atoms with Gasteiger partial charge in [0.05, 0.1) is 11.4 Å². The van der Waals surface area contributed by atoms with Crippen molar-refractivity contribution in [1.29, 1.82) is 0 Å². The van der Waals surface area contributed by atoms with Gasteiger partial charge in [-0.1, -0.05) is 13.8 Å². The molecule has 0 radical (unpaired) electrons. The number of benzene rings is 1. The normalized spacial score (nSPS) is 12.8. The molecule has 0 aliphatic heterocycles. The molecule has 16 heavy (non-hydrogen) atoms. The Morgan fingerprint density at radius 2 is 2.12 bits per heavy atom. The lowest BCUT2D eigenvalue weighted by molar-refractivity contribution is 0.267. The van der Waals surface area contributed by atoms with Crippen molar-refractivity contribution in [3.05, 3.63) is 24.0 Å². The largest absolute Gasteiger partial charge is 0.397 e. The molecule has 0 aliphatic rings. The molecule has 1 rings (SSSR count). The maximum absolute atomic E-state index is 12.8. The molecule has 3 nitrogen and oxygen atoms in total. The summed E-state index contributed by atoms with van der Waals surface area (Å²) in [6.45, 7) is 4.25. The Balaban J connectivity index is 2.77. The summed E-state index contributed by atoms with van der Waals surface area (Å²) in [5.74, 6) is 0.0305. The molecule has 0 fully saturated rings. The van der Waals surface area contributed by atoms with Crippen LogP contribution in [0.5, 0.6) is 0 Å². The molecule has 0 aromatic heterocycles. The molecule has 0 heterocycles. The predicted octanol–water partition coefficient (Wildman–Crippen LogP) is 2.23. The first-order valence-corrected chi connectivity index (χ1v) is 5.47. The van der Waals surface area contributed by atoms with Crippen molar-refractivity contribution >= 4 is 11.4 Å². The molecule has 0 saturated heterocycles. The van der Waals surface area contributed by atoms with Crippen LogP contribution in [0.3, 0.4) is 0 Å². The molecule has 90 valence electrons. The minimum atomic E-state index is -0.341. The van der Waals surface area contributed by atoms with Gasteiger partial charge in [0.2, 0.25) is 0 Å². The van der Waals surface area contributed by atoms with Crippen molar-refractivity contribution in [1.82, 2.24) is 0 Å². The molecule has 4 heteroatoms. The molecule has 0 amide bonds. The van der Waals surface area contributed by atoms with Gasteiger partial charge in [-0.05, 0) is 30.5 Å². The van der Waals surface area contributed by atoms with Crippen molar-refractivity contribution in [3.63, 3.8) is 0 Å². The van der Waals surface area contributed by atoms with E-state index in [9.17, 15) is 4.39 Å². The molecule has 0 aliphatic carbocycles. The predicted molar refractivity (Wildman–Crippen MR) is 64.8 cm³/mol. The number of halogens is 1. The Bertz CT molecular complexity index is 342. The Labute approximate surface area is 95.5 Å². The molecule has 1 unspecified atom stereocenters. The molecule has 1 atom stereocenters. The Hall–Kier alpha value is -1.29. The van der Waals surface area contributed by atoms with Crippen LogP contribution in [0.4, 0.5) is 15.8 Å². The number of hydrogen-bond acceptors (Lipinski definition) is 3. The molecule has 1 aromatic rings. The summed E-state index contributed by atoms with van der Waals surface area (Å²) >= 11 is 0. The van der Waals surface area contributed by atoms with E-state index in [4.69, 9.17) is 10.8 Å². The summed E-state index contributed by atoms with van der Waals surface area (Å²) in [5, 5.41) is 12.2. The van der Waals surface area contributed by atoms with Gasteiger partial charge in [-0.2, -0.15) is 0 Å². The highest BCUT2D eigenvalue weighted by atomic mass is 19.1. The summed E-state index contributed by atoms with van der Waals surface area (Å²) in [4.78, 5) is 0. The van der Waals surface area contributed by atoms with E-state index in [-0.39, 0.29) is 18.5 Å². The first-order valence-electron chi connectivity index (χ1n) is 5.47. The average molecular weight is 226 g/mol. The van der Waals surface area contributed by atoms with Gasteiger partial charge in [-0.3, -0.25) is 0 Å². The third-order valence-electron chi connectivity index (χ3n) is 2.60. The zero-order valence-corrected chi connectivity index (χ0v) is 9.70. The fourth-order valence-corrected chi connectivity index (χ4v) is 1.58. The lowest BCUT2D eigenvalue weighted by Gasteiger charge is -2.23. The molecule has 0 spiro atoms. The van der Waals surface area contributed by atoms with Gasteiger partial charge < -0.3 is 16.2 Å². The van der Waals surface area contributed by atoms with Crippen LogP contribution in [0.1, 0.15) is 20.3 Å². The third kappa shape index (κ3) is 3.38. The van der Waals surface area contributed by atoms with Gasteiger partial charge >= 0.3 is 0 Å². The summed E-state index contributed by atoms with van der Waals surface area (Å²) in [5.41, 5.74) is 6.81. The number of nitrogens with two attached hydrogens (primary N) is 1.